The molecular formula is C7H12O3. The Labute approximate surface area is 60.0 Å². The maximum atomic E-state index is 10.8. The Kier molecular flexibility index (Phi) is 2.40. The molecule has 1 heterocycles. The summed E-state index contributed by atoms with van der Waals surface area (Å²) in [6, 6.07) is 0. The summed E-state index contributed by atoms with van der Waals surface area (Å²) in [4.78, 5) is 10.8. The smallest absolute Gasteiger partial charge is 0.155 e. The van der Waals surface area contributed by atoms with Gasteiger partial charge in [-0.3, -0.25) is 4.79 Å². The van der Waals surface area contributed by atoms with Gasteiger partial charge in [-0.2, -0.15) is 0 Å². The van der Waals surface area contributed by atoms with Gasteiger partial charge in [-0.1, -0.05) is 0 Å². The molecule has 2 unspecified atom stereocenters. The zero-order valence-electron chi connectivity index (χ0n) is 6.04. The van der Waals surface area contributed by atoms with Crippen molar-refractivity contribution in [2.45, 2.75) is 38.6 Å². The van der Waals surface area contributed by atoms with Gasteiger partial charge < -0.3 is 9.84 Å². The van der Waals surface area contributed by atoms with Crippen LogP contribution in [0.3, 0.4) is 0 Å². The summed E-state index contributed by atoms with van der Waals surface area (Å²) in [6.45, 7) is 1.80. The van der Waals surface area contributed by atoms with Crippen LogP contribution >= 0.6 is 0 Å². The lowest BCUT2D eigenvalue weighted by atomic mass is 10.1. The lowest BCUT2D eigenvalue weighted by molar-refractivity contribution is -0.129. The standard InChI is InChI=1S/C7H12O3/c1-5-4-6(8)2-3-7(9)10-5/h5,7,9H,2-4H2,1H3. The molecule has 0 amide bonds. The molecule has 58 valence electrons. The second-order valence-electron chi connectivity index (χ2n) is 2.68. The normalized spacial score (nSPS) is 35.6. The number of rotatable bonds is 0. The summed E-state index contributed by atoms with van der Waals surface area (Å²) in [5.74, 6) is 0.184. The molecule has 1 aliphatic heterocycles. The molecule has 0 aromatic rings. The molecule has 1 N–H and O–H groups in total. The summed E-state index contributed by atoms with van der Waals surface area (Å²) in [7, 11) is 0. The van der Waals surface area contributed by atoms with Crippen LogP contribution in [-0.4, -0.2) is 23.3 Å². The van der Waals surface area contributed by atoms with Crippen LogP contribution in [0.15, 0.2) is 0 Å². The van der Waals surface area contributed by atoms with E-state index in [9.17, 15) is 4.79 Å². The van der Waals surface area contributed by atoms with E-state index < -0.39 is 6.29 Å². The molecule has 1 saturated heterocycles. The second-order valence-corrected chi connectivity index (χ2v) is 2.68. The molecule has 3 heteroatoms. The highest BCUT2D eigenvalue weighted by Gasteiger charge is 2.19. The fourth-order valence-corrected chi connectivity index (χ4v) is 1.09. The van der Waals surface area contributed by atoms with E-state index in [1.165, 1.54) is 0 Å². The largest absolute Gasteiger partial charge is 0.368 e. The third-order valence-electron chi connectivity index (χ3n) is 1.57. The van der Waals surface area contributed by atoms with Gasteiger partial charge in [-0.25, -0.2) is 0 Å². The number of hydrogen-bond acceptors (Lipinski definition) is 3. The minimum absolute atomic E-state index is 0.120. The summed E-state index contributed by atoms with van der Waals surface area (Å²) >= 11 is 0. The summed E-state index contributed by atoms with van der Waals surface area (Å²) in [5, 5.41) is 9.00. The average Bonchev–Trinajstić information content (AvgIpc) is 1.93. The molecule has 0 radical (unpaired) electrons. The monoisotopic (exact) mass is 144 g/mol. The van der Waals surface area contributed by atoms with E-state index in [1.54, 1.807) is 6.92 Å². The maximum Gasteiger partial charge on any atom is 0.155 e. The van der Waals surface area contributed by atoms with Gasteiger partial charge in [0.1, 0.15) is 5.78 Å². The molecule has 1 rings (SSSR count). The number of ether oxygens (including phenoxy) is 1. The van der Waals surface area contributed by atoms with Gasteiger partial charge in [0, 0.05) is 19.3 Å². The Hall–Kier alpha value is -0.410. The van der Waals surface area contributed by atoms with Gasteiger partial charge >= 0.3 is 0 Å². The molecule has 0 aromatic carbocycles. The van der Waals surface area contributed by atoms with Gasteiger partial charge in [0.05, 0.1) is 6.10 Å². The number of aliphatic hydroxyl groups is 1. The van der Waals surface area contributed by atoms with Crippen molar-refractivity contribution >= 4 is 5.78 Å². The molecule has 10 heavy (non-hydrogen) atoms. The first-order valence-electron chi connectivity index (χ1n) is 3.53. The van der Waals surface area contributed by atoms with Crippen molar-refractivity contribution in [3.63, 3.8) is 0 Å². The van der Waals surface area contributed by atoms with Crippen LogP contribution in [-0.2, 0) is 9.53 Å². The van der Waals surface area contributed by atoms with E-state index in [1.807, 2.05) is 0 Å². The molecule has 0 saturated carbocycles. The molecule has 0 aliphatic carbocycles. The van der Waals surface area contributed by atoms with E-state index in [0.717, 1.165) is 0 Å². The first-order valence-corrected chi connectivity index (χ1v) is 3.53. The van der Waals surface area contributed by atoms with Gasteiger partial charge in [0.25, 0.3) is 0 Å². The number of Topliss-reactive ketones (excluding diaryl/α,β-unsaturated/α-hetero) is 1. The van der Waals surface area contributed by atoms with E-state index in [4.69, 9.17) is 9.84 Å². The van der Waals surface area contributed by atoms with E-state index in [-0.39, 0.29) is 11.9 Å². The van der Waals surface area contributed by atoms with Crippen LogP contribution in [0.2, 0.25) is 0 Å². The van der Waals surface area contributed by atoms with Gasteiger partial charge in [-0.15, -0.1) is 0 Å². The topological polar surface area (TPSA) is 46.5 Å². The molecule has 1 fully saturated rings. The fourth-order valence-electron chi connectivity index (χ4n) is 1.09. The zero-order valence-corrected chi connectivity index (χ0v) is 6.04. The van der Waals surface area contributed by atoms with Crippen molar-refractivity contribution in [1.82, 2.24) is 0 Å². The van der Waals surface area contributed by atoms with Crippen molar-refractivity contribution in [2.75, 3.05) is 0 Å². The summed E-state index contributed by atoms with van der Waals surface area (Å²) < 4.78 is 5.02. The van der Waals surface area contributed by atoms with Gasteiger partial charge in [0.15, 0.2) is 6.29 Å². The molecular weight excluding hydrogens is 132 g/mol. The highest BCUT2D eigenvalue weighted by Crippen LogP contribution is 2.13. The fraction of sp³-hybridized carbons (Fsp3) is 0.857. The number of hydrogen-bond donors (Lipinski definition) is 1. The molecule has 3 nitrogen and oxygen atoms in total. The van der Waals surface area contributed by atoms with E-state index >= 15 is 0 Å². The van der Waals surface area contributed by atoms with Crippen LogP contribution in [0.4, 0.5) is 0 Å². The maximum absolute atomic E-state index is 10.8. The first-order chi connectivity index (χ1) is 4.68. The van der Waals surface area contributed by atoms with Gasteiger partial charge in [0.2, 0.25) is 0 Å². The van der Waals surface area contributed by atoms with Gasteiger partial charge in [-0.05, 0) is 6.92 Å². The average molecular weight is 144 g/mol. The van der Waals surface area contributed by atoms with Crippen molar-refractivity contribution in [3.8, 4) is 0 Å². The van der Waals surface area contributed by atoms with Crippen LogP contribution in [0, 0.1) is 0 Å². The predicted octanol–water partition coefficient (Wildman–Crippen LogP) is 0.463. The van der Waals surface area contributed by atoms with Crippen molar-refractivity contribution < 1.29 is 14.6 Å². The number of aliphatic hydroxyl groups excluding tert-OH is 1. The molecule has 0 bridgehead atoms. The molecule has 0 aromatic heterocycles. The Morgan fingerprint density at radius 3 is 3.10 bits per heavy atom. The molecule has 1 aliphatic rings. The third kappa shape index (κ3) is 2.08. The minimum atomic E-state index is -0.735. The molecule has 2 atom stereocenters. The summed E-state index contributed by atoms with van der Waals surface area (Å²) in [5.41, 5.74) is 0. The predicted molar refractivity (Wildman–Crippen MR) is 35.4 cm³/mol. The number of ketones is 1. The first kappa shape index (κ1) is 7.69. The van der Waals surface area contributed by atoms with E-state index in [2.05, 4.69) is 0 Å². The lowest BCUT2D eigenvalue weighted by Crippen LogP contribution is -2.16. The SMILES string of the molecule is CC1CC(=O)CCC(O)O1. The van der Waals surface area contributed by atoms with Crippen LogP contribution < -0.4 is 0 Å². The Morgan fingerprint density at radius 2 is 2.40 bits per heavy atom. The van der Waals surface area contributed by atoms with Crippen molar-refractivity contribution in [1.29, 1.82) is 0 Å². The minimum Gasteiger partial charge on any atom is -0.368 e. The number of carbonyl (C=O) groups is 1. The van der Waals surface area contributed by atoms with E-state index in [0.29, 0.717) is 19.3 Å². The Morgan fingerprint density at radius 1 is 1.70 bits per heavy atom. The Balaban J connectivity index is 2.46. The second kappa shape index (κ2) is 3.12. The Bertz CT molecular complexity index is 133. The lowest BCUT2D eigenvalue weighted by Gasteiger charge is -2.11. The highest BCUT2D eigenvalue weighted by molar-refractivity contribution is 5.78. The summed E-state index contributed by atoms with van der Waals surface area (Å²) in [6.07, 6.45) is 0.484. The highest BCUT2D eigenvalue weighted by atomic mass is 16.6. The third-order valence-corrected chi connectivity index (χ3v) is 1.57. The zero-order chi connectivity index (χ0) is 7.56. The van der Waals surface area contributed by atoms with Crippen LogP contribution in [0.1, 0.15) is 26.2 Å². The van der Waals surface area contributed by atoms with Crippen LogP contribution in [0.25, 0.3) is 0 Å². The van der Waals surface area contributed by atoms with Crippen molar-refractivity contribution in [3.05, 3.63) is 0 Å². The molecule has 0 spiro atoms. The van der Waals surface area contributed by atoms with Crippen LogP contribution in [0.5, 0.6) is 0 Å². The number of carbonyl (C=O) groups excluding carboxylic acids is 1. The van der Waals surface area contributed by atoms with Crippen molar-refractivity contribution in [2.24, 2.45) is 0 Å². The quantitative estimate of drug-likeness (QED) is 0.537.